The van der Waals surface area contributed by atoms with Crippen molar-refractivity contribution in [2.75, 3.05) is 20.3 Å². The van der Waals surface area contributed by atoms with Crippen molar-refractivity contribution in [3.05, 3.63) is 12.3 Å². The topological polar surface area (TPSA) is 114 Å². The molecule has 5 N–H and O–H groups in total. The predicted octanol–water partition coefficient (Wildman–Crippen LogP) is -1.95. The number of nitrogens with two attached hydrogens (primary N) is 1. The maximum Gasteiger partial charge on any atom is 0.245 e. The summed E-state index contributed by atoms with van der Waals surface area (Å²) in [4.78, 5) is 20.9. The zero-order chi connectivity index (χ0) is 12.4. The average Bonchev–Trinajstić information content (AvgIpc) is 2.29. The Labute approximate surface area is 93.6 Å². The average molecular weight is 231 g/mol. The molecule has 0 aliphatic carbocycles. The van der Waals surface area contributed by atoms with E-state index in [0.717, 1.165) is 0 Å². The lowest BCUT2D eigenvalue weighted by Gasteiger charge is -2.25. The summed E-state index contributed by atoms with van der Waals surface area (Å²) in [6, 6.07) is 0. The molecule has 0 aliphatic heterocycles. The van der Waals surface area contributed by atoms with Crippen molar-refractivity contribution in [1.82, 2.24) is 10.6 Å². The minimum Gasteiger partial charge on any atom is -0.392 e. The number of aliphatic hydroxyl groups excluding tert-OH is 1. The number of hydrogen-bond donors (Lipinski definition) is 4. The van der Waals surface area contributed by atoms with Crippen LogP contribution in [-0.2, 0) is 14.3 Å². The molecular weight excluding hydrogens is 214 g/mol. The van der Waals surface area contributed by atoms with Gasteiger partial charge in [-0.25, -0.2) is 0 Å². The highest BCUT2D eigenvalue weighted by Crippen LogP contribution is 2.04. The lowest BCUT2D eigenvalue weighted by molar-refractivity contribution is -0.117. The highest BCUT2D eigenvalue weighted by atomic mass is 16.5. The molecule has 0 heterocycles. The number of nitrogens with one attached hydrogen (secondary N) is 2. The van der Waals surface area contributed by atoms with Crippen LogP contribution in [0, 0.1) is 0 Å². The van der Waals surface area contributed by atoms with Gasteiger partial charge in [-0.15, -0.1) is 0 Å². The van der Waals surface area contributed by atoms with Crippen LogP contribution in [0.15, 0.2) is 12.3 Å². The van der Waals surface area contributed by atoms with Gasteiger partial charge in [0.2, 0.25) is 12.3 Å². The third kappa shape index (κ3) is 6.12. The Morgan fingerprint density at radius 1 is 1.62 bits per heavy atom. The van der Waals surface area contributed by atoms with Crippen molar-refractivity contribution >= 4 is 12.3 Å². The molecule has 0 radical (unpaired) electrons. The summed E-state index contributed by atoms with van der Waals surface area (Å²) in [6.07, 6.45) is 3.10. The Balaban J connectivity index is 3.80. The molecule has 16 heavy (non-hydrogen) atoms. The van der Waals surface area contributed by atoms with E-state index in [1.54, 1.807) is 0 Å². The van der Waals surface area contributed by atoms with E-state index < -0.39 is 5.72 Å². The van der Waals surface area contributed by atoms with E-state index in [4.69, 9.17) is 15.6 Å². The summed E-state index contributed by atoms with van der Waals surface area (Å²) < 4.78 is 4.87. The SMILES string of the molecule is CO[C@](N)(CO)CCNC(=O)/C=C\NC=O. The first-order valence-electron chi connectivity index (χ1n) is 4.67. The number of methoxy groups -OCH3 is 1. The van der Waals surface area contributed by atoms with Crippen molar-refractivity contribution < 1.29 is 19.4 Å². The van der Waals surface area contributed by atoms with Gasteiger partial charge in [-0.1, -0.05) is 0 Å². The van der Waals surface area contributed by atoms with Crippen LogP contribution in [0.5, 0.6) is 0 Å². The highest BCUT2D eigenvalue weighted by Gasteiger charge is 2.22. The highest BCUT2D eigenvalue weighted by molar-refractivity contribution is 5.87. The van der Waals surface area contributed by atoms with E-state index in [2.05, 4.69) is 10.6 Å². The fraction of sp³-hybridized carbons (Fsp3) is 0.556. The molecule has 0 rings (SSSR count). The Hall–Kier alpha value is -1.44. The summed E-state index contributed by atoms with van der Waals surface area (Å²) in [5.74, 6) is -0.370. The molecule has 2 amide bonds. The maximum atomic E-state index is 11.1. The largest absolute Gasteiger partial charge is 0.392 e. The fourth-order valence-electron chi connectivity index (χ4n) is 0.865. The minimum atomic E-state index is -1.14. The second-order valence-electron chi connectivity index (χ2n) is 3.09. The van der Waals surface area contributed by atoms with Crippen molar-refractivity contribution in [3.63, 3.8) is 0 Å². The Morgan fingerprint density at radius 2 is 2.31 bits per heavy atom. The summed E-state index contributed by atoms with van der Waals surface area (Å²) >= 11 is 0. The van der Waals surface area contributed by atoms with Gasteiger partial charge in [-0.3, -0.25) is 9.59 Å². The third-order valence-electron chi connectivity index (χ3n) is 1.92. The first kappa shape index (κ1) is 14.6. The molecule has 0 bridgehead atoms. The second-order valence-corrected chi connectivity index (χ2v) is 3.09. The number of aliphatic hydroxyl groups is 1. The number of ether oxygens (including phenoxy) is 1. The first-order valence-corrected chi connectivity index (χ1v) is 4.67. The van der Waals surface area contributed by atoms with E-state index in [0.29, 0.717) is 6.41 Å². The second kappa shape index (κ2) is 7.80. The molecule has 7 heteroatoms. The third-order valence-corrected chi connectivity index (χ3v) is 1.92. The lowest BCUT2D eigenvalue weighted by atomic mass is 10.1. The van der Waals surface area contributed by atoms with Crippen LogP contribution < -0.4 is 16.4 Å². The molecule has 7 nitrogen and oxygen atoms in total. The normalized spacial score (nSPS) is 14.4. The number of rotatable bonds is 8. The summed E-state index contributed by atoms with van der Waals surface area (Å²) in [5, 5.41) is 13.6. The maximum absolute atomic E-state index is 11.1. The van der Waals surface area contributed by atoms with Gasteiger partial charge >= 0.3 is 0 Å². The summed E-state index contributed by atoms with van der Waals surface area (Å²) in [5.41, 5.74) is 4.46. The van der Waals surface area contributed by atoms with Crippen LogP contribution in [-0.4, -0.2) is 43.4 Å². The van der Waals surface area contributed by atoms with Crippen molar-refractivity contribution in [1.29, 1.82) is 0 Å². The van der Waals surface area contributed by atoms with Gasteiger partial charge in [0.05, 0.1) is 6.61 Å². The molecule has 0 aliphatic rings. The van der Waals surface area contributed by atoms with Crippen molar-refractivity contribution in [3.8, 4) is 0 Å². The number of hydrogen-bond acceptors (Lipinski definition) is 5. The van der Waals surface area contributed by atoms with Crippen LogP contribution in [0.1, 0.15) is 6.42 Å². The molecule has 0 fully saturated rings. The van der Waals surface area contributed by atoms with Crippen LogP contribution in [0.3, 0.4) is 0 Å². The number of carbonyl (C=O) groups excluding carboxylic acids is 2. The minimum absolute atomic E-state index is 0.259. The Morgan fingerprint density at radius 3 is 2.81 bits per heavy atom. The molecule has 0 saturated carbocycles. The zero-order valence-electron chi connectivity index (χ0n) is 9.10. The standard InChI is InChI=1S/C9H17N3O4/c1-16-9(10,6-13)3-5-12-8(15)2-4-11-7-14/h2,4,7,13H,3,5-6,10H2,1H3,(H,11,14)(H,12,15)/b4-2-/t9-/m0/s1. The molecule has 0 aromatic heterocycles. The monoisotopic (exact) mass is 231 g/mol. The quantitative estimate of drug-likeness (QED) is 0.220. The fourth-order valence-corrected chi connectivity index (χ4v) is 0.865. The van der Waals surface area contributed by atoms with Gasteiger partial charge in [0, 0.05) is 32.4 Å². The number of amides is 2. The summed E-state index contributed by atoms with van der Waals surface area (Å²) in [6.45, 7) is -0.0724. The lowest BCUT2D eigenvalue weighted by Crippen LogP contribution is -2.48. The van der Waals surface area contributed by atoms with Gasteiger partial charge in [-0.05, 0) is 0 Å². The first-order chi connectivity index (χ1) is 7.58. The molecule has 0 unspecified atom stereocenters. The van der Waals surface area contributed by atoms with Gasteiger partial charge in [-0.2, -0.15) is 0 Å². The summed E-state index contributed by atoms with van der Waals surface area (Å²) in [7, 11) is 1.38. The Bertz CT molecular complexity index is 251. The van der Waals surface area contributed by atoms with E-state index in [-0.39, 0.29) is 25.5 Å². The number of carbonyl (C=O) groups is 2. The van der Waals surface area contributed by atoms with Gasteiger partial charge in [0.1, 0.15) is 5.72 Å². The zero-order valence-corrected chi connectivity index (χ0v) is 9.10. The Kier molecular flexibility index (Phi) is 7.10. The van der Waals surface area contributed by atoms with Gasteiger partial charge < -0.3 is 26.2 Å². The van der Waals surface area contributed by atoms with Crippen LogP contribution >= 0.6 is 0 Å². The molecule has 0 aromatic carbocycles. The molecule has 0 saturated heterocycles. The van der Waals surface area contributed by atoms with Crippen LogP contribution in [0.2, 0.25) is 0 Å². The molecule has 92 valence electrons. The molecule has 1 atom stereocenters. The van der Waals surface area contributed by atoms with E-state index in [1.807, 2.05) is 0 Å². The molecular formula is C9H17N3O4. The van der Waals surface area contributed by atoms with Crippen molar-refractivity contribution in [2.24, 2.45) is 5.73 Å². The van der Waals surface area contributed by atoms with Crippen molar-refractivity contribution in [2.45, 2.75) is 12.1 Å². The molecule has 0 spiro atoms. The smallest absolute Gasteiger partial charge is 0.245 e. The van der Waals surface area contributed by atoms with E-state index in [9.17, 15) is 9.59 Å². The van der Waals surface area contributed by atoms with Gasteiger partial charge in [0.25, 0.3) is 0 Å². The molecule has 0 aromatic rings. The van der Waals surface area contributed by atoms with E-state index in [1.165, 1.54) is 19.4 Å². The van der Waals surface area contributed by atoms with Crippen LogP contribution in [0.4, 0.5) is 0 Å². The van der Waals surface area contributed by atoms with E-state index >= 15 is 0 Å². The van der Waals surface area contributed by atoms with Crippen LogP contribution in [0.25, 0.3) is 0 Å². The predicted molar refractivity (Wildman–Crippen MR) is 57.0 cm³/mol. The van der Waals surface area contributed by atoms with Gasteiger partial charge in [0.15, 0.2) is 0 Å².